The van der Waals surface area contributed by atoms with Crippen molar-refractivity contribution >= 4 is 10.8 Å². The summed E-state index contributed by atoms with van der Waals surface area (Å²) in [6.45, 7) is 6.19. The summed E-state index contributed by atoms with van der Waals surface area (Å²) in [6.07, 6.45) is 15.4. The van der Waals surface area contributed by atoms with Crippen molar-refractivity contribution < 1.29 is 0 Å². The van der Waals surface area contributed by atoms with E-state index in [-0.39, 0.29) is 0 Å². The van der Waals surface area contributed by atoms with Gasteiger partial charge in [-0.3, -0.25) is 0 Å². The summed E-state index contributed by atoms with van der Waals surface area (Å²) in [6, 6.07) is 15.6. The predicted octanol–water partition coefficient (Wildman–Crippen LogP) is 7.24. The number of aryl methyl sites for hydroxylation is 1. The van der Waals surface area contributed by atoms with Gasteiger partial charge in [0.25, 0.3) is 0 Å². The lowest BCUT2D eigenvalue weighted by Gasteiger charge is -2.25. The molecule has 27 heavy (non-hydrogen) atoms. The Kier molecular flexibility index (Phi) is 8.68. The molecular formula is C26H39N. The van der Waals surface area contributed by atoms with E-state index in [9.17, 15) is 0 Å². The van der Waals surface area contributed by atoms with Crippen molar-refractivity contribution in [3.05, 3.63) is 48.0 Å². The van der Waals surface area contributed by atoms with Crippen LogP contribution in [0.5, 0.6) is 0 Å². The molecule has 0 amide bonds. The van der Waals surface area contributed by atoms with Gasteiger partial charge in [0.1, 0.15) is 0 Å². The van der Waals surface area contributed by atoms with Gasteiger partial charge in [-0.1, -0.05) is 94.3 Å². The quantitative estimate of drug-likeness (QED) is 0.401. The molecule has 0 spiro atoms. The van der Waals surface area contributed by atoms with Crippen molar-refractivity contribution in [3.63, 3.8) is 0 Å². The third-order valence-corrected chi connectivity index (χ3v) is 6.46. The van der Waals surface area contributed by atoms with Gasteiger partial charge in [-0.15, -0.1) is 0 Å². The Morgan fingerprint density at radius 2 is 1.56 bits per heavy atom. The molecule has 1 nitrogen and oxygen atoms in total. The van der Waals surface area contributed by atoms with Gasteiger partial charge >= 0.3 is 0 Å². The first-order chi connectivity index (χ1) is 13.4. The Morgan fingerprint density at radius 1 is 0.815 bits per heavy atom. The van der Waals surface area contributed by atoms with E-state index in [4.69, 9.17) is 0 Å². The molecule has 0 heterocycles. The number of hydrogen-bond acceptors (Lipinski definition) is 1. The summed E-state index contributed by atoms with van der Waals surface area (Å²) in [4.78, 5) is 2.76. The van der Waals surface area contributed by atoms with E-state index in [1.165, 1.54) is 107 Å². The minimum absolute atomic E-state index is 0.995. The van der Waals surface area contributed by atoms with Crippen molar-refractivity contribution in [2.75, 3.05) is 19.6 Å². The highest BCUT2D eigenvalue weighted by atomic mass is 15.1. The van der Waals surface area contributed by atoms with Crippen LogP contribution in [0.3, 0.4) is 0 Å². The standard InChI is InChI=1S/C26H39N/c1-2-3-20-27(22-19-23-12-6-4-5-7-13-23)21-11-17-25-16-10-15-24-14-8-9-18-26(24)25/h8-10,14-16,18,23H,2-7,11-13,17,19-22H2,1H3. The first kappa shape index (κ1) is 20.4. The maximum Gasteiger partial charge on any atom is -0.00156 e. The maximum absolute atomic E-state index is 2.76. The Hall–Kier alpha value is -1.34. The first-order valence-electron chi connectivity index (χ1n) is 11.6. The molecule has 3 rings (SSSR count). The number of nitrogens with zero attached hydrogens (tertiary/aromatic N) is 1. The van der Waals surface area contributed by atoms with Crippen LogP contribution >= 0.6 is 0 Å². The molecule has 0 saturated heterocycles. The van der Waals surface area contributed by atoms with E-state index in [0.717, 1.165) is 5.92 Å². The van der Waals surface area contributed by atoms with Crippen molar-refractivity contribution in [2.24, 2.45) is 5.92 Å². The molecule has 1 heteroatoms. The van der Waals surface area contributed by atoms with Crippen LogP contribution in [0.1, 0.15) is 76.7 Å². The molecule has 0 atom stereocenters. The Morgan fingerprint density at radius 3 is 2.37 bits per heavy atom. The monoisotopic (exact) mass is 365 g/mol. The highest BCUT2D eigenvalue weighted by Gasteiger charge is 2.14. The average Bonchev–Trinajstić information content (AvgIpc) is 2.98. The Balaban J connectivity index is 1.49. The maximum atomic E-state index is 2.76. The van der Waals surface area contributed by atoms with E-state index in [1.807, 2.05) is 0 Å². The first-order valence-corrected chi connectivity index (χ1v) is 11.6. The van der Waals surface area contributed by atoms with Crippen molar-refractivity contribution in [2.45, 2.75) is 77.6 Å². The Labute approximate surface area is 167 Å². The van der Waals surface area contributed by atoms with Crippen LogP contribution in [-0.2, 0) is 6.42 Å². The lowest BCUT2D eigenvalue weighted by molar-refractivity contribution is 0.239. The van der Waals surface area contributed by atoms with Crippen LogP contribution in [0.15, 0.2) is 42.5 Å². The molecule has 1 saturated carbocycles. The normalized spacial score (nSPS) is 16.1. The van der Waals surface area contributed by atoms with Crippen molar-refractivity contribution in [1.82, 2.24) is 4.90 Å². The summed E-state index contributed by atoms with van der Waals surface area (Å²) in [5.74, 6) is 0.995. The molecule has 1 aliphatic carbocycles. The average molecular weight is 366 g/mol. The molecule has 0 aromatic heterocycles. The van der Waals surface area contributed by atoms with Crippen LogP contribution in [0.25, 0.3) is 10.8 Å². The number of hydrogen-bond donors (Lipinski definition) is 0. The molecular weight excluding hydrogens is 326 g/mol. The molecule has 0 bridgehead atoms. The van der Waals surface area contributed by atoms with E-state index in [1.54, 1.807) is 0 Å². The lowest BCUT2D eigenvalue weighted by atomic mass is 9.96. The third-order valence-electron chi connectivity index (χ3n) is 6.46. The molecule has 0 N–H and O–H groups in total. The zero-order chi connectivity index (χ0) is 18.7. The van der Waals surface area contributed by atoms with Gasteiger partial charge in [0, 0.05) is 0 Å². The van der Waals surface area contributed by atoms with Crippen LogP contribution < -0.4 is 0 Å². The number of rotatable bonds is 10. The van der Waals surface area contributed by atoms with Gasteiger partial charge in [0.2, 0.25) is 0 Å². The van der Waals surface area contributed by atoms with E-state index < -0.39 is 0 Å². The van der Waals surface area contributed by atoms with Crippen molar-refractivity contribution in [3.8, 4) is 0 Å². The smallest absolute Gasteiger partial charge is 0.00156 e. The second-order valence-corrected chi connectivity index (χ2v) is 8.58. The van der Waals surface area contributed by atoms with Gasteiger partial charge in [-0.05, 0) is 67.6 Å². The largest absolute Gasteiger partial charge is 0.303 e. The Bertz CT molecular complexity index is 649. The minimum atomic E-state index is 0.995. The van der Waals surface area contributed by atoms with Gasteiger partial charge in [0.15, 0.2) is 0 Å². The van der Waals surface area contributed by atoms with Crippen LogP contribution in [0.2, 0.25) is 0 Å². The highest BCUT2D eigenvalue weighted by Crippen LogP contribution is 2.26. The minimum Gasteiger partial charge on any atom is -0.303 e. The van der Waals surface area contributed by atoms with E-state index in [2.05, 4.69) is 54.3 Å². The number of unbranched alkanes of at least 4 members (excludes halogenated alkanes) is 1. The zero-order valence-corrected chi connectivity index (χ0v) is 17.5. The van der Waals surface area contributed by atoms with Gasteiger partial charge in [-0.25, -0.2) is 0 Å². The number of fused-ring (bicyclic) bond motifs is 1. The molecule has 148 valence electrons. The summed E-state index contributed by atoms with van der Waals surface area (Å²) in [5.41, 5.74) is 1.52. The molecule has 2 aromatic carbocycles. The molecule has 1 aliphatic rings. The van der Waals surface area contributed by atoms with Crippen LogP contribution in [-0.4, -0.2) is 24.5 Å². The summed E-state index contributed by atoms with van der Waals surface area (Å²) in [5, 5.41) is 2.82. The fourth-order valence-corrected chi connectivity index (χ4v) is 4.74. The third kappa shape index (κ3) is 6.64. The van der Waals surface area contributed by atoms with Gasteiger partial charge in [-0.2, -0.15) is 0 Å². The van der Waals surface area contributed by atoms with Crippen molar-refractivity contribution in [1.29, 1.82) is 0 Å². The summed E-state index contributed by atoms with van der Waals surface area (Å²) < 4.78 is 0. The molecule has 0 aliphatic heterocycles. The second kappa shape index (κ2) is 11.5. The molecule has 0 unspecified atom stereocenters. The fourth-order valence-electron chi connectivity index (χ4n) is 4.74. The van der Waals surface area contributed by atoms with E-state index >= 15 is 0 Å². The lowest BCUT2D eigenvalue weighted by Crippen LogP contribution is -2.29. The fraction of sp³-hybridized carbons (Fsp3) is 0.615. The summed E-state index contributed by atoms with van der Waals surface area (Å²) >= 11 is 0. The SMILES string of the molecule is CCCCN(CCCc1cccc2ccccc12)CCC1CCCCCC1. The predicted molar refractivity (Wildman–Crippen MR) is 119 cm³/mol. The van der Waals surface area contributed by atoms with E-state index in [0.29, 0.717) is 0 Å². The highest BCUT2D eigenvalue weighted by molar-refractivity contribution is 5.85. The second-order valence-electron chi connectivity index (χ2n) is 8.58. The summed E-state index contributed by atoms with van der Waals surface area (Å²) in [7, 11) is 0. The van der Waals surface area contributed by atoms with Gasteiger partial charge < -0.3 is 4.90 Å². The number of benzene rings is 2. The molecule has 1 fully saturated rings. The van der Waals surface area contributed by atoms with Gasteiger partial charge in [0.05, 0.1) is 0 Å². The zero-order valence-electron chi connectivity index (χ0n) is 17.5. The topological polar surface area (TPSA) is 3.24 Å². The molecule has 0 radical (unpaired) electrons. The van der Waals surface area contributed by atoms with Crippen LogP contribution in [0, 0.1) is 5.92 Å². The van der Waals surface area contributed by atoms with Crippen LogP contribution in [0.4, 0.5) is 0 Å². The molecule has 2 aromatic rings.